The molecule has 0 radical (unpaired) electrons. The van der Waals surface area contributed by atoms with Gasteiger partial charge in [-0.05, 0) is 13.3 Å². The summed E-state index contributed by atoms with van der Waals surface area (Å²) in [5.74, 6) is -0.401. The van der Waals surface area contributed by atoms with Gasteiger partial charge in [0.25, 0.3) is 0 Å². The molecule has 5 heteroatoms. The molecule has 1 amide bonds. The maximum Gasteiger partial charge on any atom is 0.230 e. The second kappa shape index (κ2) is 3.97. The average molecular weight is 233 g/mol. The fraction of sp³-hybridized carbons (Fsp3) is 0.800. The van der Waals surface area contributed by atoms with E-state index in [-0.39, 0.29) is 18.9 Å². The lowest BCUT2D eigenvalue weighted by atomic mass is 10.1. The molecule has 3 atom stereocenters. The zero-order valence-corrected chi connectivity index (χ0v) is 9.57. The second-order valence-corrected chi connectivity index (χ2v) is 4.75. The van der Waals surface area contributed by atoms with Crippen molar-refractivity contribution in [1.29, 1.82) is 5.26 Å². The minimum Gasteiger partial charge on any atom is -0.352 e. The number of amides is 1. The third-order valence-corrected chi connectivity index (χ3v) is 3.48. The van der Waals surface area contributed by atoms with Crippen molar-refractivity contribution in [1.82, 2.24) is 5.32 Å². The van der Waals surface area contributed by atoms with Crippen LogP contribution < -0.4 is 5.32 Å². The molecule has 1 fully saturated rings. The van der Waals surface area contributed by atoms with E-state index >= 15 is 0 Å². The van der Waals surface area contributed by atoms with Gasteiger partial charge in [-0.2, -0.15) is 5.26 Å². The lowest BCUT2D eigenvalue weighted by Gasteiger charge is -2.17. The Morgan fingerprint density at radius 2 is 2.33 bits per heavy atom. The number of nitrogens with zero attached hydrogens (tertiary/aromatic N) is 1. The molecular formula is C10H14ClFN2O. The van der Waals surface area contributed by atoms with Crippen LogP contribution in [0.15, 0.2) is 0 Å². The van der Waals surface area contributed by atoms with Crippen molar-refractivity contribution in [2.45, 2.75) is 44.3 Å². The smallest absolute Gasteiger partial charge is 0.230 e. The standard InChI is InChI=1S/C10H14ClFN2O/c1-3-7(4-5-13)14-8(15)9(2)6-10(9,11)12/h7H,3-4,6H2,1-2H3,(H,14,15). The first-order valence-corrected chi connectivity index (χ1v) is 5.31. The molecule has 0 spiro atoms. The molecule has 84 valence electrons. The molecule has 0 aromatic heterocycles. The summed E-state index contributed by atoms with van der Waals surface area (Å²) in [5, 5.41) is 9.23. The third-order valence-electron chi connectivity index (χ3n) is 2.92. The van der Waals surface area contributed by atoms with Crippen molar-refractivity contribution < 1.29 is 9.18 Å². The molecule has 0 bridgehead atoms. The molecule has 0 heterocycles. The van der Waals surface area contributed by atoms with E-state index in [1.54, 1.807) is 0 Å². The molecule has 0 saturated heterocycles. The van der Waals surface area contributed by atoms with Gasteiger partial charge in [-0.3, -0.25) is 4.79 Å². The Bertz CT molecular complexity index is 313. The first-order valence-electron chi connectivity index (χ1n) is 4.93. The van der Waals surface area contributed by atoms with Gasteiger partial charge >= 0.3 is 0 Å². The Morgan fingerprint density at radius 1 is 1.80 bits per heavy atom. The van der Waals surface area contributed by atoms with Crippen molar-refractivity contribution in [3.8, 4) is 6.07 Å². The van der Waals surface area contributed by atoms with Crippen LogP contribution in [-0.4, -0.2) is 17.1 Å². The number of carbonyl (C=O) groups is 1. The summed E-state index contributed by atoms with van der Waals surface area (Å²) in [5.41, 5.74) is -1.13. The lowest BCUT2D eigenvalue weighted by Crippen LogP contribution is -2.40. The molecular weight excluding hydrogens is 219 g/mol. The van der Waals surface area contributed by atoms with E-state index < -0.39 is 16.5 Å². The van der Waals surface area contributed by atoms with E-state index in [0.717, 1.165) is 0 Å². The summed E-state index contributed by atoms with van der Waals surface area (Å²) in [6.45, 7) is 3.36. The molecule has 1 aliphatic carbocycles. The Labute approximate surface area is 93.6 Å². The molecule has 3 nitrogen and oxygen atoms in total. The first kappa shape index (κ1) is 12.3. The lowest BCUT2D eigenvalue weighted by molar-refractivity contribution is -0.127. The van der Waals surface area contributed by atoms with Crippen LogP contribution in [0.3, 0.4) is 0 Å². The van der Waals surface area contributed by atoms with Gasteiger partial charge in [-0.15, -0.1) is 0 Å². The van der Waals surface area contributed by atoms with Gasteiger partial charge in [0.15, 0.2) is 5.13 Å². The van der Waals surface area contributed by atoms with Gasteiger partial charge in [0.2, 0.25) is 5.91 Å². The Balaban J connectivity index is 2.54. The van der Waals surface area contributed by atoms with Gasteiger partial charge in [-0.25, -0.2) is 4.39 Å². The molecule has 15 heavy (non-hydrogen) atoms. The summed E-state index contributed by atoms with van der Waals surface area (Å²) >= 11 is 5.45. The monoisotopic (exact) mass is 232 g/mol. The highest BCUT2D eigenvalue weighted by molar-refractivity contribution is 6.28. The number of nitrogens with one attached hydrogen (secondary N) is 1. The molecule has 1 aliphatic rings. The van der Waals surface area contributed by atoms with E-state index in [4.69, 9.17) is 16.9 Å². The van der Waals surface area contributed by atoms with E-state index in [9.17, 15) is 9.18 Å². The number of alkyl halides is 2. The maximum absolute atomic E-state index is 13.3. The van der Waals surface area contributed by atoms with Gasteiger partial charge in [0.1, 0.15) is 0 Å². The number of halogens is 2. The molecule has 0 aromatic carbocycles. The van der Waals surface area contributed by atoms with Crippen LogP contribution in [0.1, 0.15) is 33.1 Å². The number of rotatable bonds is 4. The molecule has 1 saturated carbocycles. The molecule has 3 unspecified atom stereocenters. The van der Waals surface area contributed by atoms with Crippen LogP contribution in [0.25, 0.3) is 0 Å². The molecule has 1 rings (SSSR count). The predicted octanol–water partition coefficient (Wildman–Crippen LogP) is 2.11. The zero-order valence-electron chi connectivity index (χ0n) is 8.81. The fourth-order valence-electron chi connectivity index (χ4n) is 1.40. The number of carbonyl (C=O) groups excluding carboxylic acids is 1. The Morgan fingerprint density at radius 3 is 2.67 bits per heavy atom. The zero-order chi connectivity index (χ0) is 11.7. The minimum atomic E-state index is -1.91. The van der Waals surface area contributed by atoms with Crippen LogP contribution in [0.4, 0.5) is 4.39 Å². The normalized spacial score (nSPS) is 35.4. The van der Waals surface area contributed by atoms with E-state index in [0.29, 0.717) is 6.42 Å². The number of hydrogen-bond donors (Lipinski definition) is 1. The third kappa shape index (κ3) is 2.23. The minimum absolute atomic E-state index is 0.0381. The highest BCUT2D eigenvalue weighted by Gasteiger charge is 2.70. The van der Waals surface area contributed by atoms with E-state index in [2.05, 4.69) is 5.32 Å². The topological polar surface area (TPSA) is 52.9 Å². The van der Waals surface area contributed by atoms with Gasteiger partial charge in [0.05, 0.1) is 17.9 Å². The molecule has 0 aromatic rings. The first-order chi connectivity index (χ1) is 6.87. The van der Waals surface area contributed by atoms with Crippen molar-refractivity contribution in [2.75, 3.05) is 0 Å². The SMILES string of the molecule is CCC(CC#N)NC(=O)C1(C)CC1(F)Cl. The van der Waals surface area contributed by atoms with E-state index in [1.807, 2.05) is 13.0 Å². The van der Waals surface area contributed by atoms with Crippen LogP contribution in [0.5, 0.6) is 0 Å². The maximum atomic E-state index is 13.3. The van der Waals surface area contributed by atoms with Crippen molar-refractivity contribution in [3.05, 3.63) is 0 Å². The van der Waals surface area contributed by atoms with Crippen LogP contribution in [0.2, 0.25) is 0 Å². The van der Waals surface area contributed by atoms with E-state index in [1.165, 1.54) is 6.92 Å². The highest BCUT2D eigenvalue weighted by atomic mass is 35.5. The van der Waals surface area contributed by atoms with Crippen molar-refractivity contribution in [3.63, 3.8) is 0 Å². The Kier molecular flexibility index (Phi) is 3.25. The largest absolute Gasteiger partial charge is 0.352 e. The molecule has 1 N–H and O–H groups in total. The number of nitriles is 1. The average Bonchev–Trinajstić information content (AvgIpc) is 2.66. The van der Waals surface area contributed by atoms with Crippen LogP contribution in [-0.2, 0) is 4.79 Å². The van der Waals surface area contributed by atoms with Crippen LogP contribution in [0, 0.1) is 16.7 Å². The predicted molar refractivity (Wildman–Crippen MR) is 54.9 cm³/mol. The molecule has 0 aliphatic heterocycles. The summed E-state index contributed by atoms with van der Waals surface area (Å²) < 4.78 is 13.3. The Hall–Kier alpha value is -0.820. The highest BCUT2D eigenvalue weighted by Crippen LogP contribution is 2.62. The number of hydrogen-bond acceptors (Lipinski definition) is 2. The van der Waals surface area contributed by atoms with Crippen molar-refractivity contribution in [2.24, 2.45) is 5.41 Å². The summed E-state index contributed by atoms with van der Waals surface area (Å²) in [7, 11) is 0. The summed E-state index contributed by atoms with van der Waals surface area (Å²) in [6, 6.07) is 1.76. The van der Waals surface area contributed by atoms with Gasteiger partial charge in [-0.1, -0.05) is 18.5 Å². The second-order valence-electron chi connectivity index (χ2n) is 4.15. The quantitative estimate of drug-likeness (QED) is 0.755. The van der Waals surface area contributed by atoms with Crippen LogP contribution >= 0.6 is 11.6 Å². The van der Waals surface area contributed by atoms with Gasteiger partial charge < -0.3 is 5.32 Å². The summed E-state index contributed by atoms with van der Waals surface area (Å²) in [4.78, 5) is 11.6. The van der Waals surface area contributed by atoms with Gasteiger partial charge in [0, 0.05) is 12.5 Å². The summed E-state index contributed by atoms with van der Waals surface area (Å²) in [6.07, 6.45) is 0.924. The fourth-order valence-corrected chi connectivity index (χ4v) is 1.75. The van der Waals surface area contributed by atoms with Crippen molar-refractivity contribution >= 4 is 17.5 Å².